The van der Waals surface area contributed by atoms with Crippen molar-refractivity contribution in [1.82, 2.24) is 15.5 Å². The highest BCUT2D eigenvalue weighted by Crippen LogP contribution is 2.66. The first-order valence-electron chi connectivity index (χ1n) is 24.4. The van der Waals surface area contributed by atoms with Gasteiger partial charge in [0.1, 0.15) is 36.0 Å². The summed E-state index contributed by atoms with van der Waals surface area (Å²) < 4.78 is 23.3. The summed E-state index contributed by atoms with van der Waals surface area (Å²) in [5, 5.41) is 18.1. The van der Waals surface area contributed by atoms with Crippen LogP contribution >= 0.6 is 0 Å². The highest BCUT2D eigenvalue weighted by atomic mass is 16.6. The van der Waals surface area contributed by atoms with Crippen LogP contribution in [0.25, 0.3) is 0 Å². The normalized spacial score (nSPS) is 22.4. The van der Waals surface area contributed by atoms with Gasteiger partial charge in [0, 0.05) is 30.0 Å². The minimum absolute atomic E-state index is 0.0510. The average molecular weight is 1000 g/mol. The number of cyclic esters (lactones) is 1. The van der Waals surface area contributed by atoms with Gasteiger partial charge in [-0.1, -0.05) is 98.5 Å². The van der Waals surface area contributed by atoms with E-state index in [1.165, 1.54) is 13.2 Å². The summed E-state index contributed by atoms with van der Waals surface area (Å²) in [6.07, 6.45) is -0.998. The van der Waals surface area contributed by atoms with Crippen LogP contribution in [0, 0.1) is 23.7 Å². The van der Waals surface area contributed by atoms with Gasteiger partial charge < -0.3 is 50.6 Å². The third-order valence-electron chi connectivity index (χ3n) is 14.0. The molecular formula is C56H57N7O11. The van der Waals surface area contributed by atoms with Gasteiger partial charge in [-0.15, -0.1) is 0 Å². The van der Waals surface area contributed by atoms with E-state index < -0.39 is 83.3 Å². The third kappa shape index (κ3) is 9.60. The molecule has 382 valence electrons. The number of nitrogens with zero attached hydrogens (tertiary/aromatic N) is 3. The monoisotopic (exact) mass is 1000 g/mol. The quantitative estimate of drug-likeness (QED) is 0.0763. The molecule has 1 spiro atoms. The molecule has 5 aromatic rings. The second-order valence-corrected chi connectivity index (χ2v) is 18.6. The molecule has 0 aliphatic carbocycles. The van der Waals surface area contributed by atoms with Gasteiger partial charge in [0.15, 0.2) is 0 Å². The summed E-state index contributed by atoms with van der Waals surface area (Å²) in [6, 6.07) is 30.7. The number of morpholine rings is 2. The first-order chi connectivity index (χ1) is 35.9. The number of esters is 2. The molecule has 74 heavy (non-hydrogen) atoms. The maximum absolute atomic E-state index is 16.8. The summed E-state index contributed by atoms with van der Waals surface area (Å²) in [7, 11) is 1.19. The molecule has 5 aromatic carbocycles. The van der Waals surface area contributed by atoms with Crippen LogP contribution in [0.2, 0.25) is 0 Å². The summed E-state index contributed by atoms with van der Waals surface area (Å²) in [5.41, 5.74) is 6.68. The number of fused-ring (bicyclic) bond motifs is 3. The van der Waals surface area contributed by atoms with Crippen molar-refractivity contribution >= 4 is 52.9 Å². The first-order valence-corrected chi connectivity index (χ1v) is 24.4. The zero-order valence-corrected chi connectivity index (χ0v) is 41.1. The van der Waals surface area contributed by atoms with Crippen molar-refractivity contribution in [3.8, 4) is 17.6 Å². The zero-order valence-electron chi connectivity index (χ0n) is 41.1. The molecule has 7 unspecified atom stereocenters. The van der Waals surface area contributed by atoms with Gasteiger partial charge in [0.25, 0.3) is 0 Å². The zero-order chi connectivity index (χ0) is 52.1. The maximum atomic E-state index is 16.8. The molecule has 3 saturated heterocycles. The number of primary amides is 1. The molecule has 4 aliphatic rings. The van der Waals surface area contributed by atoms with Crippen molar-refractivity contribution in [3.63, 3.8) is 0 Å². The number of methoxy groups -OCH3 is 1. The van der Waals surface area contributed by atoms with Crippen LogP contribution in [0.3, 0.4) is 0 Å². The van der Waals surface area contributed by atoms with E-state index in [-0.39, 0.29) is 31.0 Å². The number of aliphatic hydroxyl groups excluding tert-OH is 1. The van der Waals surface area contributed by atoms with E-state index in [9.17, 15) is 14.7 Å². The number of anilines is 3. The molecule has 18 nitrogen and oxygen atoms in total. The van der Waals surface area contributed by atoms with Crippen LogP contribution in [0.15, 0.2) is 127 Å². The molecule has 6 amide bonds. The van der Waals surface area contributed by atoms with Crippen molar-refractivity contribution in [2.24, 2.45) is 17.6 Å². The minimum Gasteiger partial charge on any atom is -0.491 e. The summed E-state index contributed by atoms with van der Waals surface area (Å²) in [6.45, 7) is 5.39. The Morgan fingerprint density at radius 1 is 0.851 bits per heavy atom. The van der Waals surface area contributed by atoms with Crippen LogP contribution in [0.5, 0.6) is 5.75 Å². The molecule has 0 saturated carbocycles. The van der Waals surface area contributed by atoms with Crippen molar-refractivity contribution in [1.29, 1.82) is 0 Å². The lowest BCUT2D eigenvalue weighted by Crippen LogP contribution is -2.57. The Hall–Kier alpha value is -8.24. The van der Waals surface area contributed by atoms with Crippen molar-refractivity contribution in [3.05, 3.63) is 155 Å². The van der Waals surface area contributed by atoms with E-state index >= 15 is 19.2 Å². The van der Waals surface area contributed by atoms with E-state index in [0.717, 1.165) is 10.6 Å². The molecule has 4 aliphatic heterocycles. The minimum atomic E-state index is -2.20. The Balaban J connectivity index is 1.33. The van der Waals surface area contributed by atoms with Gasteiger partial charge in [-0.2, -0.15) is 0 Å². The maximum Gasteiger partial charge on any atom is 0.329 e. The fraction of sp³-hybridized carbons (Fsp3) is 0.321. The Morgan fingerprint density at radius 3 is 2.20 bits per heavy atom. The number of aliphatic hydroxyl groups is 1. The number of benzene rings is 5. The van der Waals surface area contributed by atoms with Crippen molar-refractivity contribution in [2.75, 3.05) is 68.3 Å². The highest BCUT2D eigenvalue weighted by molar-refractivity contribution is 6.25. The number of nitrogens with two attached hydrogens (primary N) is 1. The molecule has 18 heteroatoms. The molecule has 7 atom stereocenters. The predicted octanol–water partition coefficient (Wildman–Crippen LogP) is 5.13. The average Bonchev–Trinajstić information content (AvgIpc) is 3.88. The summed E-state index contributed by atoms with van der Waals surface area (Å²) >= 11 is 0. The lowest BCUT2D eigenvalue weighted by atomic mass is 9.65. The van der Waals surface area contributed by atoms with Crippen molar-refractivity contribution in [2.45, 2.75) is 49.5 Å². The standard InChI is InChI=1S/C56H57N7O11/c1-34(2)45(51(66)71-3)60-55(70)62-43-24-19-35(12-11-25-58-54(57)69)32-42(43)56(53(62)68)44(50(65)59-39-20-22-40(23-21-39)61-26-29-72-30-27-61)47-52(67)74-48(37-15-8-5-9-16-37)46(36-13-6-4-7-14-36)63(47)49(56)38-17-10-18-41(33-38)73-31-28-64/h4-10,13-24,32-34,44-49,64H,25-31H2,1-3H3,(H,59,65)(H,60,70)(H3,57,58,69). The molecule has 4 heterocycles. The molecule has 0 aromatic heterocycles. The number of hydrogen-bond acceptors (Lipinski definition) is 13. The largest absolute Gasteiger partial charge is 0.491 e. The molecule has 9 rings (SSSR count). The number of carbonyl (C=O) groups excluding carboxylic acids is 6. The predicted molar refractivity (Wildman–Crippen MR) is 273 cm³/mol. The third-order valence-corrected chi connectivity index (χ3v) is 14.0. The van der Waals surface area contributed by atoms with E-state index in [1.54, 1.807) is 62.4 Å². The fourth-order valence-electron chi connectivity index (χ4n) is 10.8. The Morgan fingerprint density at radius 2 is 1.54 bits per heavy atom. The smallest absolute Gasteiger partial charge is 0.329 e. The molecule has 3 fully saturated rings. The summed E-state index contributed by atoms with van der Waals surface area (Å²) in [4.78, 5) is 93.4. The topological polar surface area (TPSA) is 231 Å². The second-order valence-electron chi connectivity index (χ2n) is 18.6. The highest BCUT2D eigenvalue weighted by Gasteiger charge is 2.75. The lowest BCUT2D eigenvalue weighted by molar-refractivity contribution is -0.177. The number of carbonyl (C=O) groups is 6. The SMILES string of the molecule is COC(=O)C(NC(=O)N1C(=O)C2(c3cc(C#CCNC(N)=O)ccc31)C(C(=O)Nc1ccc(N3CCOCC3)cc1)C1C(=O)OC(c3ccccc3)C(c3ccccc3)N1C2c1cccc(OCCO)c1)C(C)C. The first kappa shape index (κ1) is 50.7. The molecular weight excluding hydrogens is 947 g/mol. The summed E-state index contributed by atoms with van der Waals surface area (Å²) in [5.74, 6) is 0.860. The van der Waals surface area contributed by atoms with E-state index in [1.807, 2.05) is 77.7 Å². The fourth-order valence-corrected chi connectivity index (χ4v) is 10.8. The van der Waals surface area contributed by atoms with Crippen LogP contribution in [-0.4, -0.2) is 111 Å². The van der Waals surface area contributed by atoms with Gasteiger partial charge in [0.2, 0.25) is 11.8 Å². The number of nitrogens with one attached hydrogen (secondary N) is 3. The molecule has 6 N–H and O–H groups in total. The Labute approximate surface area is 428 Å². The van der Waals surface area contributed by atoms with Gasteiger partial charge in [-0.05, 0) is 82.8 Å². The van der Waals surface area contributed by atoms with Crippen LogP contribution < -0.4 is 36.2 Å². The van der Waals surface area contributed by atoms with Gasteiger partial charge in [-0.25, -0.2) is 19.3 Å². The van der Waals surface area contributed by atoms with Gasteiger partial charge in [0.05, 0.1) is 57.2 Å². The second kappa shape index (κ2) is 21.9. The van der Waals surface area contributed by atoms with Crippen LogP contribution in [0.4, 0.5) is 26.7 Å². The van der Waals surface area contributed by atoms with Gasteiger partial charge >= 0.3 is 24.0 Å². The number of hydrogen-bond donors (Lipinski definition) is 5. The number of urea groups is 2. The number of ether oxygens (including phenoxy) is 4. The van der Waals surface area contributed by atoms with E-state index in [2.05, 4.69) is 32.7 Å². The number of imide groups is 1. The van der Waals surface area contributed by atoms with Crippen molar-refractivity contribution < 1.29 is 52.8 Å². The Bertz CT molecular complexity index is 2980. The number of amides is 6. The molecule has 0 bridgehead atoms. The van der Waals surface area contributed by atoms with E-state index in [0.29, 0.717) is 60.0 Å². The van der Waals surface area contributed by atoms with Gasteiger partial charge in [-0.3, -0.25) is 19.3 Å². The Kier molecular flexibility index (Phi) is 15.0. The number of rotatable bonds is 13. The van der Waals surface area contributed by atoms with E-state index in [4.69, 9.17) is 24.7 Å². The molecule has 0 radical (unpaired) electrons. The van der Waals surface area contributed by atoms with Crippen LogP contribution in [-0.2, 0) is 38.8 Å². The lowest BCUT2D eigenvalue weighted by Gasteiger charge is -2.46. The van der Waals surface area contributed by atoms with Crippen LogP contribution in [0.1, 0.15) is 59.9 Å².